The molecule has 0 saturated carbocycles. The van der Waals surface area contributed by atoms with E-state index in [1.807, 2.05) is 18.2 Å². The summed E-state index contributed by atoms with van der Waals surface area (Å²) in [6, 6.07) is 6.61. The van der Waals surface area contributed by atoms with Crippen LogP contribution in [0.1, 0.15) is 12.8 Å². The van der Waals surface area contributed by atoms with Crippen molar-refractivity contribution in [3.8, 4) is 5.75 Å². The Labute approximate surface area is 142 Å². The lowest BCUT2D eigenvalue weighted by Crippen LogP contribution is -2.42. The third kappa shape index (κ3) is 3.71. The SMILES string of the molecule is CNC1CCN(CCn2c(=S)cnc3ccc(OC)cc32)CC1. The highest BCUT2D eigenvalue weighted by molar-refractivity contribution is 7.71. The summed E-state index contributed by atoms with van der Waals surface area (Å²) in [7, 11) is 3.73. The van der Waals surface area contributed by atoms with E-state index in [-0.39, 0.29) is 0 Å². The minimum absolute atomic E-state index is 0.666. The van der Waals surface area contributed by atoms with Gasteiger partial charge < -0.3 is 19.5 Å². The number of aromatic nitrogens is 2. The van der Waals surface area contributed by atoms with E-state index in [0.717, 1.165) is 47.6 Å². The number of likely N-dealkylation sites (tertiary alicyclic amines) is 1. The standard InChI is InChI=1S/C17H24N4OS/c1-18-13-5-7-20(8-6-13)9-10-21-16-11-14(22-2)3-4-15(16)19-12-17(21)23/h3-4,11-13,18H,5-10H2,1-2H3. The fourth-order valence-corrected chi connectivity index (χ4v) is 3.43. The van der Waals surface area contributed by atoms with E-state index in [4.69, 9.17) is 17.0 Å². The monoisotopic (exact) mass is 332 g/mol. The zero-order valence-electron chi connectivity index (χ0n) is 13.8. The van der Waals surface area contributed by atoms with Crippen molar-refractivity contribution in [1.82, 2.24) is 19.8 Å². The van der Waals surface area contributed by atoms with Gasteiger partial charge in [0, 0.05) is 25.2 Å². The second-order valence-corrected chi connectivity index (χ2v) is 6.43. The molecule has 0 unspecified atom stereocenters. The van der Waals surface area contributed by atoms with Crippen LogP contribution >= 0.6 is 12.2 Å². The maximum atomic E-state index is 5.49. The van der Waals surface area contributed by atoms with Crippen molar-refractivity contribution in [2.24, 2.45) is 0 Å². The van der Waals surface area contributed by atoms with Gasteiger partial charge in [0.1, 0.15) is 10.4 Å². The van der Waals surface area contributed by atoms with Crippen LogP contribution in [0.3, 0.4) is 0 Å². The first-order valence-corrected chi connectivity index (χ1v) is 8.55. The number of methoxy groups -OCH3 is 1. The minimum Gasteiger partial charge on any atom is -0.497 e. The third-order valence-electron chi connectivity index (χ3n) is 4.69. The minimum atomic E-state index is 0.666. The Balaban J connectivity index is 1.77. The molecule has 1 aliphatic rings. The van der Waals surface area contributed by atoms with Gasteiger partial charge in [0.05, 0.1) is 24.3 Å². The molecular formula is C17H24N4OS. The normalized spacial score (nSPS) is 16.8. The van der Waals surface area contributed by atoms with Crippen molar-refractivity contribution < 1.29 is 4.74 Å². The molecule has 0 atom stereocenters. The average molecular weight is 332 g/mol. The van der Waals surface area contributed by atoms with Crippen LogP contribution < -0.4 is 10.1 Å². The lowest BCUT2D eigenvalue weighted by Gasteiger charge is -2.32. The smallest absolute Gasteiger partial charge is 0.124 e. The summed E-state index contributed by atoms with van der Waals surface area (Å²) in [6.07, 6.45) is 4.21. The highest BCUT2D eigenvalue weighted by Gasteiger charge is 2.17. The van der Waals surface area contributed by atoms with Gasteiger partial charge in [0.15, 0.2) is 0 Å². The van der Waals surface area contributed by atoms with Crippen LogP contribution in [0.5, 0.6) is 5.75 Å². The molecule has 6 heteroatoms. The molecule has 1 aliphatic heterocycles. The van der Waals surface area contributed by atoms with Crippen molar-refractivity contribution in [1.29, 1.82) is 0 Å². The molecule has 2 heterocycles. The fourth-order valence-electron chi connectivity index (χ4n) is 3.19. The number of ether oxygens (including phenoxy) is 1. The molecule has 1 saturated heterocycles. The Morgan fingerprint density at radius 3 is 2.78 bits per heavy atom. The van der Waals surface area contributed by atoms with Gasteiger partial charge >= 0.3 is 0 Å². The number of piperidine rings is 1. The summed E-state index contributed by atoms with van der Waals surface area (Å²) in [4.78, 5) is 6.95. The van der Waals surface area contributed by atoms with Crippen LogP contribution in [0.25, 0.3) is 11.0 Å². The molecule has 1 aromatic carbocycles. The van der Waals surface area contributed by atoms with Gasteiger partial charge in [0.25, 0.3) is 0 Å². The molecule has 0 aliphatic carbocycles. The van der Waals surface area contributed by atoms with E-state index in [1.54, 1.807) is 13.3 Å². The van der Waals surface area contributed by atoms with Gasteiger partial charge in [-0.1, -0.05) is 12.2 Å². The van der Waals surface area contributed by atoms with Gasteiger partial charge in [-0.25, -0.2) is 0 Å². The Kier molecular flexibility index (Phi) is 5.25. The lowest BCUT2D eigenvalue weighted by atomic mass is 10.1. The first-order chi connectivity index (χ1) is 11.2. The van der Waals surface area contributed by atoms with Gasteiger partial charge in [-0.15, -0.1) is 0 Å². The molecule has 3 rings (SSSR count). The van der Waals surface area contributed by atoms with Crippen molar-refractivity contribution in [3.05, 3.63) is 29.0 Å². The first kappa shape index (κ1) is 16.4. The summed E-state index contributed by atoms with van der Waals surface area (Å²) in [6.45, 7) is 4.19. The Morgan fingerprint density at radius 2 is 2.09 bits per heavy atom. The summed E-state index contributed by atoms with van der Waals surface area (Å²) >= 11 is 5.49. The van der Waals surface area contributed by atoms with Gasteiger partial charge in [0.2, 0.25) is 0 Å². The Morgan fingerprint density at radius 1 is 1.30 bits per heavy atom. The summed E-state index contributed by atoms with van der Waals surface area (Å²) in [5.41, 5.74) is 2.00. The number of fused-ring (bicyclic) bond motifs is 1. The zero-order valence-corrected chi connectivity index (χ0v) is 14.6. The number of nitrogens with one attached hydrogen (secondary N) is 1. The van der Waals surface area contributed by atoms with E-state index < -0.39 is 0 Å². The molecule has 0 spiro atoms. The van der Waals surface area contributed by atoms with Crippen molar-refractivity contribution in [2.45, 2.75) is 25.4 Å². The number of rotatable bonds is 5. The lowest BCUT2D eigenvalue weighted by molar-refractivity contribution is 0.196. The molecule has 23 heavy (non-hydrogen) atoms. The van der Waals surface area contributed by atoms with Crippen LogP contribution in [0.15, 0.2) is 24.4 Å². The first-order valence-electron chi connectivity index (χ1n) is 8.14. The number of nitrogens with zero attached hydrogens (tertiary/aromatic N) is 3. The zero-order chi connectivity index (χ0) is 16.2. The highest BCUT2D eigenvalue weighted by atomic mass is 32.1. The molecule has 0 radical (unpaired) electrons. The predicted molar refractivity (Wildman–Crippen MR) is 95.6 cm³/mol. The number of hydrogen-bond donors (Lipinski definition) is 1. The number of hydrogen-bond acceptors (Lipinski definition) is 5. The fraction of sp³-hybridized carbons (Fsp3) is 0.529. The van der Waals surface area contributed by atoms with Crippen LogP contribution in [0.4, 0.5) is 0 Å². The Bertz CT molecular complexity index is 722. The van der Waals surface area contributed by atoms with Crippen LogP contribution in [0, 0.1) is 4.64 Å². The summed E-state index contributed by atoms with van der Waals surface area (Å²) < 4.78 is 8.29. The largest absolute Gasteiger partial charge is 0.497 e. The molecule has 2 aromatic rings. The predicted octanol–water partition coefficient (Wildman–Crippen LogP) is 2.46. The third-order valence-corrected chi connectivity index (χ3v) is 5.01. The van der Waals surface area contributed by atoms with Gasteiger partial charge in [-0.2, -0.15) is 0 Å². The summed E-state index contributed by atoms with van der Waals surface area (Å²) in [5, 5.41) is 3.37. The number of benzene rings is 1. The van der Waals surface area contributed by atoms with E-state index in [1.165, 1.54) is 12.8 Å². The van der Waals surface area contributed by atoms with Crippen molar-refractivity contribution in [2.75, 3.05) is 33.8 Å². The second-order valence-electron chi connectivity index (χ2n) is 6.01. The van der Waals surface area contributed by atoms with Crippen molar-refractivity contribution >= 4 is 23.3 Å². The molecular weight excluding hydrogens is 308 g/mol. The van der Waals surface area contributed by atoms with Gasteiger partial charge in [-0.3, -0.25) is 4.98 Å². The second kappa shape index (κ2) is 7.38. The van der Waals surface area contributed by atoms with E-state index in [2.05, 4.69) is 26.8 Å². The van der Waals surface area contributed by atoms with Crippen LogP contribution in [0.2, 0.25) is 0 Å². The molecule has 1 aromatic heterocycles. The Hall–Kier alpha value is -1.50. The van der Waals surface area contributed by atoms with Crippen molar-refractivity contribution in [3.63, 3.8) is 0 Å². The molecule has 0 bridgehead atoms. The van der Waals surface area contributed by atoms with Gasteiger partial charge in [-0.05, 0) is 45.1 Å². The molecule has 1 N–H and O–H groups in total. The maximum Gasteiger partial charge on any atom is 0.124 e. The van der Waals surface area contributed by atoms with E-state index in [0.29, 0.717) is 6.04 Å². The molecule has 0 amide bonds. The quantitative estimate of drug-likeness (QED) is 0.852. The summed E-state index contributed by atoms with van der Waals surface area (Å²) in [5.74, 6) is 0.837. The van der Waals surface area contributed by atoms with Crippen LogP contribution in [-0.4, -0.2) is 54.3 Å². The molecule has 5 nitrogen and oxygen atoms in total. The molecule has 124 valence electrons. The topological polar surface area (TPSA) is 42.3 Å². The highest BCUT2D eigenvalue weighted by Crippen LogP contribution is 2.20. The molecule has 1 fully saturated rings. The van der Waals surface area contributed by atoms with E-state index >= 15 is 0 Å². The van der Waals surface area contributed by atoms with E-state index in [9.17, 15) is 0 Å². The average Bonchev–Trinajstić information content (AvgIpc) is 2.61. The maximum absolute atomic E-state index is 5.49. The van der Waals surface area contributed by atoms with Crippen LogP contribution in [-0.2, 0) is 6.54 Å².